The number of hydrogen-bond donors (Lipinski definition) is 0. The van der Waals surface area contributed by atoms with Crippen LogP contribution in [-0.2, 0) is 12.8 Å². The molecule has 1 atom stereocenters. The first-order valence-electron chi connectivity index (χ1n) is 8.67. The fourth-order valence-corrected chi connectivity index (χ4v) is 3.92. The topological polar surface area (TPSA) is 25.4 Å². The summed E-state index contributed by atoms with van der Waals surface area (Å²) in [4.78, 5) is 7.50. The summed E-state index contributed by atoms with van der Waals surface area (Å²) in [5.74, 6) is 1.02. The summed E-state index contributed by atoms with van der Waals surface area (Å²) < 4.78 is 6.32. The van der Waals surface area contributed by atoms with Crippen molar-refractivity contribution in [1.29, 1.82) is 0 Å². The van der Waals surface area contributed by atoms with E-state index in [0.29, 0.717) is 0 Å². The van der Waals surface area contributed by atoms with E-state index >= 15 is 0 Å². The highest BCUT2D eigenvalue weighted by molar-refractivity contribution is 5.99. The van der Waals surface area contributed by atoms with E-state index in [-0.39, 0.29) is 6.10 Å². The van der Waals surface area contributed by atoms with Gasteiger partial charge in [0, 0.05) is 12.2 Å². The lowest BCUT2D eigenvalue weighted by molar-refractivity contribution is 0.208. The van der Waals surface area contributed by atoms with Crippen molar-refractivity contribution in [1.82, 2.24) is 4.98 Å². The van der Waals surface area contributed by atoms with Crippen LogP contribution in [0.3, 0.4) is 0 Å². The highest BCUT2D eigenvalue weighted by Gasteiger charge is 2.28. The molecule has 2 aliphatic rings. The van der Waals surface area contributed by atoms with Crippen LogP contribution in [-0.4, -0.2) is 24.2 Å². The Balaban J connectivity index is 2.03. The summed E-state index contributed by atoms with van der Waals surface area (Å²) in [6.07, 6.45) is 6.14. The van der Waals surface area contributed by atoms with E-state index in [0.717, 1.165) is 43.6 Å². The molecule has 0 saturated heterocycles. The predicted octanol–water partition coefficient (Wildman–Crippen LogP) is 4.11. The molecular weight excluding hydrogens is 272 g/mol. The largest absolute Gasteiger partial charge is 0.488 e. The molecule has 0 N–H and O–H groups in total. The standard InChI is InChI=1S/C19H24N2O/c1-3-13-12-21(4-2)19-14-8-5-6-9-15(14)20-16-10-7-11-17(22-13)18(16)19/h7,10-11,13H,3-6,8-9,12H2,1-2H3. The van der Waals surface area contributed by atoms with Crippen molar-refractivity contribution in [3.63, 3.8) is 0 Å². The number of fused-ring (bicyclic) bond motifs is 2. The molecule has 1 aliphatic heterocycles. The Hall–Kier alpha value is -1.77. The molecule has 0 radical (unpaired) electrons. The molecule has 4 rings (SSSR count). The normalized spacial score (nSPS) is 20.5. The molecule has 22 heavy (non-hydrogen) atoms. The molecule has 3 nitrogen and oxygen atoms in total. The molecule has 2 aromatic rings. The monoisotopic (exact) mass is 296 g/mol. The van der Waals surface area contributed by atoms with Gasteiger partial charge in [-0.1, -0.05) is 13.0 Å². The Morgan fingerprint density at radius 2 is 2.09 bits per heavy atom. The third-order valence-electron chi connectivity index (χ3n) is 5.09. The summed E-state index contributed by atoms with van der Waals surface area (Å²) >= 11 is 0. The minimum absolute atomic E-state index is 0.261. The van der Waals surface area contributed by atoms with E-state index in [1.807, 2.05) is 0 Å². The molecule has 116 valence electrons. The Labute approximate surface area is 132 Å². The van der Waals surface area contributed by atoms with E-state index < -0.39 is 0 Å². The molecule has 1 aromatic heterocycles. The second-order valence-corrected chi connectivity index (χ2v) is 6.43. The van der Waals surface area contributed by atoms with Gasteiger partial charge in [-0.25, -0.2) is 0 Å². The molecule has 0 saturated carbocycles. The highest BCUT2D eigenvalue weighted by atomic mass is 16.5. The van der Waals surface area contributed by atoms with Gasteiger partial charge in [-0.2, -0.15) is 0 Å². The Kier molecular flexibility index (Phi) is 3.44. The smallest absolute Gasteiger partial charge is 0.131 e. The Morgan fingerprint density at radius 1 is 1.23 bits per heavy atom. The van der Waals surface area contributed by atoms with Crippen LogP contribution >= 0.6 is 0 Å². The van der Waals surface area contributed by atoms with E-state index in [2.05, 4.69) is 36.9 Å². The van der Waals surface area contributed by atoms with Crippen molar-refractivity contribution in [3.05, 3.63) is 29.5 Å². The highest BCUT2D eigenvalue weighted by Crippen LogP contribution is 2.42. The number of ether oxygens (including phenoxy) is 1. The fraction of sp³-hybridized carbons (Fsp3) is 0.526. The summed E-state index contributed by atoms with van der Waals surface area (Å²) in [5, 5.41) is 1.24. The average Bonchev–Trinajstić information content (AvgIpc) is 2.73. The SMILES string of the molecule is CCC1CN(CC)c2c3c(nc4cccc(c24)O1)CCCC3. The fourth-order valence-electron chi connectivity index (χ4n) is 3.92. The molecule has 0 fully saturated rings. The van der Waals surface area contributed by atoms with Crippen molar-refractivity contribution >= 4 is 16.6 Å². The zero-order chi connectivity index (χ0) is 15.1. The van der Waals surface area contributed by atoms with Gasteiger partial charge in [0.05, 0.1) is 23.1 Å². The zero-order valence-electron chi connectivity index (χ0n) is 13.6. The third-order valence-corrected chi connectivity index (χ3v) is 5.09. The van der Waals surface area contributed by atoms with Crippen molar-refractivity contribution in [2.24, 2.45) is 0 Å². The second kappa shape index (κ2) is 5.45. The van der Waals surface area contributed by atoms with Gasteiger partial charge in [-0.05, 0) is 56.7 Å². The number of likely N-dealkylation sites (N-methyl/N-ethyl adjacent to an activating group) is 1. The minimum Gasteiger partial charge on any atom is -0.488 e. The minimum atomic E-state index is 0.261. The lowest BCUT2D eigenvalue weighted by Crippen LogP contribution is -2.34. The van der Waals surface area contributed by atoms with Crippen LogP contribution in [0.25, 0.3) is 10.9 Å². The van der Waals surface area contributed by atoms with Crippen LogP contribution in [0.4, 0.5) is 5.69 Å². The van der Waals surface area contributed by atoms with Crippen LogP contribution in [0.15, 0.2) is 18.2 Å². The van der Waals surface area contributed by atoms with E-state index in [4.69, 9.17) is 9.72 Å². The summed E-state index contributed by atoms with van der Waals surface area (Å²) in [5.41, 5.74) is 5.31. The second-order valence-electron chi connectivity index (χ2n) is 6.43. The number of nitrogens with zero attached hydrogens (tertiary/aromatic N) is 2. The molecular formula is C19H24N2O. The van der Waals surface area contributed by atoms with Gasteiger partial charge >= 0.3 is 0 Å². The lowest BCUT2D eigenvalue weighted by Gasteiger charge is -2.29. The molecule has 0 bridgehead atoms. The van der Waals surface area contributed by atoms with Gasteiger partial charge in [0.2, 0.25) is 0 Å². The number of anilines is 1. The first-order valence-corrected chi connectivity index (χ1v) is 8.67. The van der Waals surface area contributed by atoms with Gasteiger partial charge in [0.1, 0.15) is 11.9 Å². The average molecular weight is 296 g/mol. The van der Waals surface area contributed by atoms with Gasteiger partial charge in [-0.3, -0.25) is 4.98 Å². The number of benzene rings is 1. The summed E-state index contributed by atoms with van der Waals surface area (Å²) in [6.45, 7) is 6.47. The molecule has 1 unspecified atom stereocenters. The maximum absolute atomic E-state index is 6.32. The van der Waals surface area contributed by atoms with Gasteiger partial charge < -0.3 is 9.64 Å². The molecule has 1 aliphatic carbocycles. The van der Waals surface area contributed by atoms with Crippen molar-refractivity contribution < 1.29 is 4.74 Å². The maximum atomic E-state index is 6.32. The number of aryl methyl sites for hydroxylation is 1. The van der Waals surface area contributed by atoms with Gasteiger partial charge in [-0.15, -0.1) is 0 Å². The quantitative estimate of drug-likeness (QED) is 0.834. The number of aromatic nitrogens is 1. The van der Waals surface area contributed by atoms with Gasteiger partial charge in [0.15, 0.2) is 0 Å². The molecule has 0 amide bonds. The first kappa shape index (κ1) is 13.9. The lowest BCUT2D eigenvalue weighted by atomic mass is 9.92. The zero-order valence-corrected chi connectivity index (χ0v) is 13.6. The number of hydrogen-bond acceptors (Lipinski definition) is 3. The molecule has 0 spiro atoms. The van der Waals surface area contributed by atoms with Crippen molar-refractivity contribution in [3.8, 4) is 5.75 Å². The summed E-state index contributed by atoms with van der Waals surface area (Å²) in [6, 6.07) is 6.34. The van der Waals surface area contributed by atoms with Crippen LogP contribution in [0, 0.1) is 0 Å². The number of rotatable bonds is 2. The van der Waals surface area contributed by atoms with Gasteiger partial charge in [0.25, 0.3) is 0 Å². The van der Waals surface area contributed by atoms with E-state index in [9.17, 15) is 0 Å². The maximum Gasteiger partial charge on any atom is 0.131 e. The van der Waals surface area contributed by atoms with E-state index in [1.54, 1.807) is 0 Å². The summed E-state index contributed by atoms with van der Waals surface area (Å²) in [7, 11) is 0. The molecule has 3 heteroatoms. The third kappa shape index (κ3) is 2.06. The van der Waals surface area contributed by atoms with Crippen LogP contribution in [0.5, 0.6) is 5.75 Å². The first-order chi connectivity index (χ1) is 10.8. The predicted molar refractivity (Wildman–Crippen MR) is 91.0 cm³/mol. The Bertz CT molecular complexity index is 710. The van der Waals surface area contributed by atoms with Crippen molar-refractivity contribution in [2.45, 2.75) is 52.1 Å². The van der Waals surface area contributed by atoms with Crippen molar-refractivity contribution in [2.75, 3.05) is 18.0 Å². The van der Waals surface area contributed by atoms with Crippen LogP contribution in [0.2, 0.25) is 0 Å². The molecule has 2 heterocycles. The molecule has 1 aromatic carbocycles. The van der Waals surface area contributed by atoms with Crippen LogP contribution < -0.4 is 9.64 Å². The Morgan fingerprint density at radius 3 is 2.91 bits per heavy atom. The van der Waals surface area contributed by atoms with E-state index in [1.165, 1.54) is 35.2 Å². The number of pyridine rings is 1. The van der Waals surface area contributed by atoms with Crippen LogP contribution in [0.1, 0.15) is 44.4 Å².